The summed E-state index contributed by atoms with van der Waals surface area (Å²) in [5.74, 6) is 0.0809. The lowest BCUT2D eigenvalue weighted by molar-refractivity contribution is -0.115. The lowest BCUT2D eigenvalue weighted by atomic mass is 10.1. The van der Waals surface area contributed by atoms with Crippen molar-refractivity contribution < 1.29 is 9.53 Å². The summed E-state index contributed by atoms with van der Waals surface area (Å²) in [5, 5.41) is 2.83. The molecule has 1 N–H and O–H groups in total. The molecule has 1 amide bonds. The SMILES string of the molecule is COCN(C)Cc1ccc2c(c1)CC(=O)N2. The van der Waals surface area contributed by atoms with Gasteiger partial charge in [-0.2, -0.15) is 0 Å². The molecule has 1 heterocycles. The van der Waals surface area contributed by atoms with Crippen molar-refractivity contribution in [1.29, 1.82) is 0 Å². The minimum absolute atomic E-state index is 0.0809. The fourth-order valence-corrected chi connectivity index (χ4v) is 1.96. The molecule has 0 bridgehead atoms. The van der Waals surface area contributed by atoms with E-state index in [1.54, 1.807) is 7.11 Å². The van der Waals surface area contributed by atoms with E-state index >= 15 is 0 Å². The van der Waals surface area contributed by atoms with Crippen LogP contribution in [0.5, 0.6) is 0 Å². The van der Waals surface area contributed by atoms with Gasteiger partial charge in [0.2, 0.25) is 5.91 Å². The Bertz CT molecular complexity index is 404. The maximum atomic E-state index is 11.2. The van der Waals surface area contributed by atoms with Gasteiger partial charge in [-0.25, -0.2) is 0 Å². The zero-order valence-electron chi connectivity index (χ0n) is 9.62. The second-order valence-electron chi connectivity index (χ2n) is 4.15. The minimum Gasteiger partial charge on any atom is -0.369 e. The first-order valence-electron chi connectivity index (χ1n) is 5.28. The van der Waals surface area contributed by atoms with Gasteiger partial charge in [-0.3, -0.25) is 9.69 Å². The Morgan fingerprint density at radius 2 is 2.31 bits per heavy atom. The molecule has 0 saturated heterocycles. The third-order valence-corrected chi connectivity index (χ3v) is 2.60. The number of fused-ring (bicyclic) bond motifs is 1. The van der Waals surface area contributed by atoms with E-state index in [2.05, 4.69) is 16.3 Å². The summed E-state index contributed by atoms with van der Waals surface area (Å²) < 4.78 is 5.04. The smallest absolute Gasteiger partial charge is 0.228 e. The Kier molecular flexibility index (Phi) is 3.22. The molecule has 2 rings (SSSR count). The number of methoxy groups -OCH3 is 1. The van der Waals surface area contributed by atoms with Crippen molar-refractivity contribution in [1.82, 2.24) is 4.90 Å². The molecule has 0 unspecified atom stereocenters. The first-order valence-corrected chi connectivity index (χ1v) is 5.28. The number of ether oxygens (including phenoxy) is 1. The third kappa shape index (κ3) is 2.40. The molecule has 86 valence electrons. The molecular formula is C12H16N2O2. The Labute approximate surface area is 95.2 Å². The Morgan fingerprint density at radius 3 is 3.06 bits per heavy atom. The molecule has 0 spiro atoms. The number of carbonyl (C=O) groups excluding carboxylic acids is 1. The number of nitrogens with zero attached hydrogens (tertiary/aromatic N) is 1. The molecule has 0 saturated carbocycles. The molecule has 4 nitrogen and oxygen atoms in total. The molecular weight excluding hydrogens is 204 g/mol. The summed E-state index contributed by atoms with van der Waals surface area (Å²) in [6, 6.07) is 6.09. The molecule has 1 aliphatic heterocycles. The van der Waals surface area contributed by atoms with Crippen LogP contribution < -0.4 is 5.32 Å². The van der Waals surface area contributed by atoms with Crippen LogP contribution in [0.15, 0.2) is 18.2 Å². The maximum Gasteiger partial charge on any atom is 0.228 e. The molecule has 16 heavy (non-hydrogen) atoms. The Hall–Kier alpha value is -1.39. The van der Waals surface area contributed by atoms with E-state index in [1.807, 2.05) is 19.2 Å². The van der Waals surface area contributed by atoms with E-state index < -0.39 is 0 Å². The van der Waals surface area contributed by atoms with Gasteiger partial charge < -0.3 is 10.1 Å². The zero-order valence-corrected chi connectivity index (χ0v) is 9.62. The predicted molar refractivity (Wildman–Crippen MR) is 62.1 cm³/mol. The highest BCUT2D eigenvalue weighted by atomic mass is 16.5. The van der Waals surface area contributed by atoms with Crippen LogP contribution in [-0.2, 0) is 22.5 Å². The number of carbonyl (C=O) groups is 1. The van der Waals surface area contributed by atoms with Crippen molar-refractivity contribution in [3.05, 3.63) is 29.3 Å². The average Bonchev–Trinajstić information content (AvgIpc) is 2.57. The van der Waals surface area contributed by atoms with Gasteiger partial charge in [0, 0.05) is 19.3 Å². The molecule has 0 radical (unpaired) electrons. The van der Waals surface area contributed by atoms with Gasteiger partial charge in [-0.1, -0.05) is 12.1 Å². The molecule has 1 aromatic rings. The van der Waals surface area contributed by atoms with Crippen LogP contribution in [0.2, 0.25) is 0 Å². The first-order chi connectivity index (χ1) is 7.69. The number of amides is 1. The van der Waals surface area contributed by atoms with E-state index in [0.717, 1.165) is 17.8 Å². The van der Waals surface area contributed by atoms with Crippen LogP contribution in [0, 0.1) is 0 Å². The van der Waals surface area contributed by atoms with Gasteiger partial charge in [0.15, 0.2) is 0 Å². The maximum absolute atomic E-state index is 11.2. The number of benzene rings is 1. The standard InChI is InChI=1S/C12H16N2O2/c1-14(8-16-2)7-9-3-4-11-10(5-9)6-12(15)13-11/h3-5H,6-8H2,1-2H3,(H,13,15). The quantitative estimate of drug-likeness (QED) is 0.776. The van der Waals surface area contributed by atoms with Crippen molar-refractivity contribution in [3.8, 4) is 0 Å². The number of nitrogens with one attached hydrogen (secondary N) is 1. The molecule has 0 aliphatic carbocycles. The summed E-state index contributed by atoms with van der Waals surface area (Å²) in [6.45, 7) is 1.43. The van der Waals surface area contributed by atoms with Crippen molar-refractivity contribution in [3.63, 3.8) is 0 Å². The zero-order chi connectivity index (χ0) is 11.5. The predicted octanol–water partition coefficient (Wildman–Crippen LogP) is 1.22. The molecule has 1 aliphatic rings. The van der Waals surface area contributed by atoms with Gasteiger partial charge in [-0.15, -0.1) is 0 Å². The van der Waals surface area contributed by atoms with Crippen molar-refractivity contribution in [2.75, 3.05) is 26.2 Å². The molecule has 1 aromatic carbocycles. The van der Waals surface area contributed by atoms with Crippen LogP contribution in [0.1, 0.15) is 11.1 Å². The highest BCUT2D eigenvalue weighted by Gasteiger charge is 2.17. The molecule has 0 fully saturated rings. The Morgan fingerprint density at radius 1 is 1.50 bits per heavy atom. The van der Waals surface area contributed by atoms with Crippen LogP contribution >= 0.6 is 0 Å². The third-order valence-electron chi connectivity index (χ3n) is 2.60. The van der Waals surface area contributed by atoms with Gasteiger partial charge in [0.1, 0.15) is 0 Å². The fraction of sp³-hybridized carbons (Fsp3) is 0.417. The normalized spacial score (nSPS) is 14.1. The van der Waals surface area contributed by atoms with Gasteiger partial charge in [0.25, 0.3) is 0 Å². The molecule has 0 aromatic heterocycles. The minimum atomic E-state index is 0.0809. The molecule has 0 atom stereocenters. The monoisotopic (exact) mass is 220 g/mol. The van der Waals surface area contributed by atoms with Crippen LogP contribution in [0.3, 0.4) is 0 Å². The summed E-state index contributed by atoms with van der Waals surface area (Å²) in [7, 11) is 3.68. The van der Waals surface area contributed by atoms with E-state index in [9.17, 15) is 4.79 Å². The van der Waals surface area contributed by atoms with Crippen LogP contribution in [0.4, 0.5) is 5.69 Å². The van der Waals surface area contributed by atoms with E-state index in [4.69, 9.17) is 4.74 Å². The fourth-order valence-electron chi connectivity index (χ4n) is 1.96. The van der Waals surface area contributed by atoms with E-state index in [1.165, 1.54) is 5.56 Å². The van der Waals surface area contributed by atoms with Crippen molar-refractivity contribution in [2.24, 2.45) is 0 Å². The molecule has 4 heteroatoms. The van der Waals surface area contributed by atoms with Gasteiger partial charge >= 0.3 is 0 Å². The summed E-state index contributed by atoms with van der Waals surface area (Å²) in [4.78, 5) is 13.3. The average molecular weight is 220 g/mol. The second kappa shape index (κ2) is 4.63. The van der Waals surface area contributed by atoms with Crippen molar-refractivity contribution >= 4 is 11.6 Å². The Balaban J connectivity index is 2.07. The number of anilines is 1. The topological polar surface area (TPSA) is 41.6 Å². The summed E-state index contributed by atoms with van der Waals surface area (Å²) in [6.07, 6.45) is 0.497. The summed E-state index contributed by atoms with van der Waals surface area (Å²) in [5.41, 5.74) is 3.24. The van der Waals surface area contributed by atoms with Gasteiger partial charge in [-0.05, 0) is 24.2 Å². The first kappa shape index (κ1) is 11.1. The van der Waals surface area contributed by atoms with Crippen molar-refractivity contribution in [2.45, 2.75) is 13.0 Å². The second-order valence-corrected chi connectivity index (χ2v) is 4.15. The lowest BCUT2D eigenvalue weighted by Crippen LogP contribution is -2.20. The van der Waals surface area contributed by atoms with Crippen LogP contribution in [-0.4, -0.2) is 31.7 Å². The van der Waals surface area contributed by atoms with Crippen LogP contribution in [0.25, 0.3) is 0 Å². The number of hydrogen-bond acceptors (Lipinski definition) is 3. The number of rotatable bonds is 4. The van der Waals surface area contributed by atoms with E-state index in [0.29, 0.717) is 13.2 Å². The summed E-state index contributed by atoms with van der Waals surface area (Å²) >= 11 is 0. The lowest BCUT2D eigenvalue weighted by Gasteiger charge is -2.15. The highest BCUT2D eigenvalue weighted by molar-refractivity contribution is 5.99. The highest BCUT2D eigenvalue weighted by Crippen LogP contribution is 2.24. The largest absolute Gasteiger partial charge is 0.369 e. The van der Waals surface area contributed by atoms with E-state index in [-0.39, 0.29) is 5.91 Å². The number of hydrogen-bond donors (Lipinski definition) is 1. The van der Waals surface area contributed by atoms with Gasteiger partial charge in [0.05, 0.1) is 13.2 Å².